The summed E-state index contributed by atoms with van der Waals surface area (Å²) in [5.41, 5.74) is 0.518. The Kier molecular flexibility index (Phi) is 4.05. The Bertz CT molecular complexity index is 356. The van der Waals surface area contributed by atoms with E-state index in [2.05, 4.69) is 17.2 Å². The lowest BCUT2D eigenvalue weighted by atomic mass is 9.78. The van der Waals surface area contributed by atoms with Gasteiger partial charge in [-0.1, -0.05) is 13.3 Å². The molecule has 0 saturated heterocycles. The summed E-state index contributed by atoms with van der Waals surface area (Å²) in [7, 11) is 0. The summed E-state index contributed by atoms with van der Waals surface area (Å²) in [5.74, 6) is 0.817. The molecule has 0 aromatic carbocycles. The number of aliphatic hydroxyl groups is 1. The Morgan fingerprint density at radius 2 is 2.24 bits per heavy atom. The van der Waals surface area contributed by atoms with Gasteiger partial charge in [0.2, 0.25) is 0 Å². The van der Waals surface area contributed by atoms with Gasteiger partial charge in [0.15, 0.2) is 5.13 Å². The third-order valence-corrected chi connectivity index (χ3v) is 4.72. The van der Waals surface area contributed by atoms with Crippen LogP contribution in [0.4, 0.5) is 5.13 Å². The van der Waals surface area contributed by atoms with Crippen LogP contribution in [0.3, 0.4) is 0 Å². The molecule has 1 aromatic heterocycles. The van der Waals surface area contributed by atoms with E-state index in [0.29, 0.717) is 6.54 Å². The van der Waals surface area contributed by atoms with Gasteiger partial charge in [-0.25, -0.2) is 4.98 Å². The quantitative estimate of drug-likeness (QED) is 0.867. The standard InChI is InChI=1S/C13H22N2OS/c1-3-11-4-6-13(16,7-5-11)9-14-12-15-10(2)8-17-12/h8,11,16H,3-7,9H2,1-2H3,(H,14,15). The van der Waals surface area contributed by atoms with Gasteiger partial charge in [-0.05, 0) is 38.5 Å². The van der Waals surface area contributed by atoms with E-state index < -0.39 is 5.60 Å². The normalized spacial score (nSPS) is 29.2. The third-order valence-electron chi connectivity index (χ3n) is 3.80. The van der Waals surface area contributed by atoms with Gasteiger partial charge in [-0.3, -0.25) is 0 Å². The number of thiazole rings is 1. The lowest BCUT2D eigenvalue weighted by Crippen LogP contribution is -2.40. The van der Waals surface area contributed by atoms with Crippen LogP contribution in [-0.2, 0) is 0 Å². The number of hydrogen-bond acceptors (Lipinski definition) is 4. The Labute approximate surface area is 107 Å². The number of rotatable bonds is 4. The van der Waals surface area contributed by atoms with Gasteiger partial charge < -0.3 is 10.4 Å². The van der Waals surface area contributed by atoms with E-state index in [4.69, 9.17) is 0 Å². The summed E-state index contributed by atoms with van der Waals surface area (Å²) in [4.78, 5) is 4.35. The van der Waals surface area contributed by atoms with E-state index in [-0.39, 0.29) is 0 Å². The van der Waals surface area contributed by atoms with Crippen molar-refractivity contribution < 1.29 is 5.11 Å². The van der Waals surface area contributed by atoms with Crippen LogP contribution in [0.5, 0.6) is 0 Å². The zero-order valence-corrected chi connectivity index (χ0v) is 11.5. The first-order chi connectivity index (χ1) is 8.11. The van der Waals surface area contributed by atoms with Crippen molar-refractivity contribution in [2.45, 2.75) is 51.6 Å². The Hall–Kier alpha value is -0.610. The number of nitrogens with zero attached hydrogens (tertiary/aromatic N) is 1. The lowest BCUT2D eigenvalue weighted by molar-refractivity contribution is 0.00229. The number of aryl methyl sites for hydroxylation is 1. The van der Waals surface area contributed by atoms with E-state index in [1.54, 1.807) is 11.3 Å². The highest BCUT2D eigenvalue weighted by Gasteiger charge is 2.32. The van der Waals surface area contributed by atoms with E-state index >= 15 is 0 Å². The molecule has 1 heterocycles. The maximum atomic E-state index is 10.5. The summed E-state index contributed by atoms with van der Waals surface area (Å²) in [6, 6.07) is 0. The summed E-state index contributed by atoms with van der Waals surface area (Å²) in [6.45, 7) is 4.87. The smallest absolute Gasteiger partial charge is 0.182 e. The molecule has 0 spiro atoms. The third kappa shape index (κ3) is 3.42. The molecule has 1 saturated carbocycles. The van der Waals surface area contributed by atoms with Gasteiger partial charge in [0.25, 0.3) is 0 Å². The minimum Gasteiger partial charge on any atom is -0.388 e. The van der Waals surface area contributed by atoms with Crippen molar-refractivity contribution in [3.8, 4) is 0 Å². The van der Waals surface area contributed by atoms with Crippen molar-refractivity contribution in [1.82, 2.24) is 4.98 Å². The van der Waals surface area contributed by atoms with Gasteiger partial charge in [-0.15, -0.1) is 11.3 Å². The minimum absolute atomic E-state index is 0.523. The highest BCUT2D eigenvalue weighted by Crippen LogP contribution is 2.33. The first-order valence-electron chi connectivity index (χ1n) is 6.50. The van der Waals surface area contributed by atoms with E-state index in [0.717, 1.165) is 42.4 Å². The van der Waals surface area contributed by atoms with Gasteiger partial charge in [-0.2, -0.15) is 0 Å². The number of anilines is 1. The molecule has 2 rings (SSSR count). The van der Waals surface area contributed by atoms with Crippen molar-refractivity contribution in [3.05, 3.63) is 11.1 Å². The molecule has 3 nitrogen and oxygen atoms in total. The van der Waals surface area contributed by atoms with E-state index in [1.807, 2.05) is 12.3 Å². The SMILES string of the molecule is CCC1CCC(O)(CNc2nc(C)cs2)CC1. The molecule has 4 heteroatoms. The van der Waals surface area contributed by atoms with Crippen LogP contribution in [0.15, 0.2) is 5.38 Å². The molecule has 0 unspecified atom stereocenters. The fraction of sp³-hybridized carbons (Fsp3) is 0.769. The monoisotopic (exact) mass is 254 g/mol. The Morgan fingerprint density at radius 3 is 2.76 bits per heavy atom. The summed E-state index contributed by atoms with van der Waals surface area (Å²) in [5, 5.41) is 16.7. The summed E-state index contributed by atoms with van der Waals surface area (Å²) in [6.07, 6.45) is 5.40. The van der Waals surface area contributed by atoms with Crippen molar-refractivity contribution in [1.29, 1.82) is 0 Å². The zero-order chi connectivity index (χ0) is 12.3. The highest BCUT2D eigenvalue weighted by atomic mass is 32.1. The average Bonchev–Trinajstić information content (AvgIpc) is 2.74. The summed E-state index contributed by atoms with van der Waals surface area (Å²) < 4.78 is 0. The van der Waals surface area contributed by atoms with Gasteiger partial charge in [0.1, 0.15) is 0 Å². The van der Waals surface area contributed by atoms with Gasteiger partial charge in [0.05, 0.1) is 11.3 Å². The minimum atomic E-state index is -0.523. The van der Waals surface area contributed by atoms with Crippen molar-refractivity contribution in [3.63, 3.8) is 0 Å². The van der Waals surface area contributed by atoms with Crippen LogP contribution in [0, 0.1) is 12.8 Å². The maximum absolute atomic E-state index is 10.5. The van der Waals surface area contributed by atoms with Crippen LogP contribution < -0.4 is 5.32 Å². The lowest BCUT2D eigenvalue weighted by Gasteiger charge is -2.35. The van der Waals surface area contributed by atoms with Crippen molar-refractivity contribution in [2.24, 2.45) is 5.92 Å². The molecule has 2 N–H and O–H groups in total. The highest BCUT2D eigenvalue weighted by molar-refractivity contribution is 7.13. The maximum Gasteiger partial charge on any atom is 0.182 e. The first-order valence-corrected chi connectivity index (χ1v) is 7.38. The molecule has 0 bridgehead atoms. The largest absolute Gasteiger partial charge is 0.388 e. The second-order valence-electron chi connectivity index (χ2n) is 5.22. The van der Waals surface area contributed by atoms with Crippen LogP contribution in [-0.4, -0.2) is 22.2 Å². The average molecular weight is 254 g/mol. The Morgan fingerprint density at radius 1 is 1.53 bits per heavy atom. The van der Waals surface area contributed by atoms with Crippen LogP contribution in [0.2, 0.25) is 0 Å². The predicted octanol–water partition coefficient (Wildman–Crippen LogP) is 3.19. The van der Waals surface area contributed by atoms with Crippen LogP contribution in [0.25, 0.3) is 0 Å². The molecule has 0 aliphatic heterocycles. The van der Waals surface area contributed by atoms with Gasteiger partial charge in [0, 0.05) is 11.9 Å². The number of nitrogens with one attached hydrogen (secondary N) is 1. The number of aromatic nitrogens is 1. The molecular weight excluding hydrogens is 232 g/mol. The van der Waals surface area contributed by atoms with Crippen LogP contribution in [0.1, 0.15) is 44.7 Å². The fourth-order valence-corrected chi connectivity index (χ4v) is 3.16. The molecule has 96 valence electrons. The molecule has 1 aliphatic rings. The second kappa shape index (κ2) is 5.36. The molecule has 1 aromatic rings. The molecule has 17 heavy (non-hydrogen) atoms. The van der Waals surface area contributed by atoms with Crippen molar-refractivity contribution >= 4 is 16.5 Å². The predicted molar refractivity (Wildman–Crippen MR) is 72.5 cm³/mol. The molecule has 1 fully saturated rings. The van der Waals surface area contributed by atoms with Crippen molar-refractivity contribution in [2.75, 3.05) is 11.9 Å². The molecular formula is C13H22N2OS. The number of hydrogen-bond donors (Lipinski definition) is 2. The molecule has 0 radical (unpaired) electrons. The topological polar surface area (TPSA) is 45.1 Å². The molecule has 0 atom stereocenters. The second-order valence-corrected chi connectivity index (χ2v) is 6.08. The molecule has 0 amide bonds. The summed E-state index contributed by atoms with van der Waals surface area (Å²) >= 11 is 1.61. The molecule has 1 aliphatic carbocycles. The van der Waals surface area contributed by atoms with E-state index in [1.165, 1.54) is 6.42 Å². The first kappa shape index (κ1) is 12.8. The van der Waals surface area contributed by atoms with E-state index in [9.17, 15) is 5.11 Å². The zero-order valence-electron chi connectivity index (χ0n) is 10.7. The van der Waals surface area contributed by atoms with Crippen LogP contribution >= 0.6 is 11.3 Å². The fourth-order valence-electron chi connectivity index (χ4n) is 2.48. The van der Waals surface area contributed by atoms with Gasteiger partial charge >= 0.3 is 0 Å². The Balaban J connectivity index is 1.82.